The van der Waals surface area contributed by atoms with E-state index in [0.29, 0.717) is 22.1 Å². The van der Waals surface area contributed by atoms with Gasteiger partial charge in [0.2, 0.25) is 0 Å². The van der Waals surface area contributed by atoms with Crippen molar-refractivity contribution < 1.29 is 4.79 Å². The molecule has 6 heteroatoms. The lowest BCUT2D eigenvalue weighted by Gasteiger charge is -2.09. The first-order chi connectivity index (χ1) is 9.08. The standard InChI is InChI=1S/C13H10ClN3OS/c1-7-16-13-11(19-7)6-10(12(15)18)17(13)9-5-3-2-4-8(9)14/h2-6H,1H3,(H2,15,18). The van der Waals surface area contributed by atoms with Gasteiger partial charge >= 0.3 is 0 Å². The van der Waals surface area contributed by atoms with Crippen molar-refractivity contribution >= 4 is 39.2 Å². The zero-order chi connectivity index (χ0) is 13.6. The summed E-state index contributed by atoms with van der Waals surface area (Å²) >= 11 is 7.72. The summed E-state index contributed by atoms with van der Waals surface area (Å²) in [5.41, 5.74) is 7.25. The van der Waals surface area contributed by atoms with Crippen LogP contribution < -0.4 is 5.73 Å². The van der Waals surface area contributed by atoms with Crippen LogP contribution in [0.1, 0.15) is 15.5 Å². The second kappa shape index (κ2) is 4.36. The smallest absolute Gasteiger partial charge is 0.265 e. The zero-order valence-electron chi connectivity index (χ0n) is 10.1. The summed E-state index contributed by atoms with van der Waals surface area (Å²) in [6, 6.07) is 9.06. The Bertz CT molecular complexity index is 790. The zero-order valence-corrected chi connectivity index (χ0v) is 11.6. The lowest BCUT2D eigenvalue weighted by molar-refractivity contribution is 0.0994. The largest absolute Gasteiger partial charge is 0.364 e. The fourth-order valence-corrected chi connectivity index (χ4v) is 3.12. The molecule has 2 heterocycles. The van der Waals surface area contributed by atoms with Crippen LogP contribution in [0, 0.1) is 6.92 Å². The topological polar surface area (TPSA) is 60.9 Å². The van der Waals surface area contributed by atoms with Gasteiger partial charge in [0.25, 0.3) is 5.91 Å². The van der Waals surface area contributed by atoms with Gasteiger partial charge in [-0.3, -0.25) is 9.36 Å². The molecule has 0 saturated carbocycles. The predicted molar refractivity (Wildman–Crippen MR) is 77.2 cm³/mol. The van der Waals surface area contributed by atoms with Crippen LogP contribution in [0.3, 0.4) is 0 Å². The van der Waals surface area contributed by atoms with Gasteiger partial charge in [0.1, 0.15) is 5.69 Å². The first-order valence-corrected chi connectivity index (χ1v) is 6.81. The van der Waals surface area contributed by atoms with Gasteiger partial charge in [-0.1, -0.05) is 23.7 Å². The van der Waals surface area contributed by atoms with Crippen molar-refractivity contribution in [1.82, 2.24) is 9.55 Å². The molecule has 0 aliphatic carbocycles. The highest BCUT2D eigenvalue weighted by Gasteiger charge is 2.18. The van der Waals surface area contributed by atoms with E-state index in [0.717, 1.165) is 9.71 Å². The highest BCUT2D eigenvalue weighted by molar-refractivity contribution is 7.18. The van der Waals surface area contributed by atoms with Crippen molar-refractivity contribution in [3.63, 3.8) is 0 Å². The molecule has 2 N–H and O–H groups in total. The van der Waals surface area contributed by atoms with E-state index in [9.17, 15) is 4.79 Å². The predicted octanol–water partition coefficient (Wildman–Crippen LogP) is 3.15. The fraction of sp³-hybridized carbons (Fsp3) is 0.0769. The van der Waals surface area contributed by atoms with Crippen LogP contribution in [-0.2, 0) is 0 Å². The molecule has 19 heavy (non-hydrogen) atoms. The molecule has 0 bridgehead atoms. The number of hydrogen-bond donors (Lipinski definition) is 1. The van der Waals surface area contributed by atoms with Crippen molar-refractivity contribution in [2.75, 3.05) is 0 Å². The number of aromatic nitrogens is 2. The molecule has 1 aromatic carbocycles. The third-order valence-electron chi connectivity index (χ3n) is 2.81. The van der Waals surface area contributed by atoms with E-state index in [4.69, 9.17) is 17.3 Å². The maximum Gasteiger partial charge on any atom is 0.265 e. The molecule has 0 fully saturated rings. The van der Waals surface area contributed by atoms with Crippen molar-refractivity contribution in [2.45, 2.75) is 6.92 Å². The molecule has 0 spiro atoms. The highest BCUT2D eigenvalue weighted by atomic mass is 35.5. The summed E-state index contributed by atoms with van der Waals surface area (Å²) in [6.45, 7) is 1.92. The summed E-state index contributed by atoms with van der Waals surface area (Å²) in [6.07, 6.45) is 0. The Balaban J connectivity index is 2.40. The van der Waals surface area contributed by atoms with Crippen LogP contribution in [-0.4, -0.2) is 15.5 Å². The minimum absolute atomic E-state index is 0.391. The van der Waals surface area contributed by atoms with Gasteiger partial charge in [-0.15, -0.1) is 11.3 Å². The van der Waals surface area contributed by atoms with E-state index in [1.165, 1.54) is 11.3 Å². The summed E-state index contributed by atoms with van der Waals surface area (Å²) in [5.74, 6) is -0.497. The Morgan fingerprint density at radius 3 is 2.84 bits per heavy atom. The van der Waals surface area contributed by atoms with Crippen LogP contribution in [0.4, 0.5) is 0 Å². The van der Waals surface area contributed by atoms with Crippen LogP contribution in [0.25, 0.3) is 16.0 Å². The molecule has 0 aliphatic rings. The molecule has 0 aliphatic heterocycles. The number of aryl methyl sites for hydroxylation is 1. The second-order valence-electron chi connectivity index (χ2n) is 4.10. The molecular weight excluding hydrogens is 282 g/mol. The van der Waals surface area contributed by atoms with Gasteiger partial charge in [-0.05, 0) is 25.1 Å². The number of fused-ring (bicyclic) bond motifs is 1. The maximum absolute atomic E-state index is 11.6. The van der Waals surface area contributed by atoms with E-state index in [1.807, 2.05) is 25.1 Å². The number of hydrogen-bond acceptors (Lipinski definition) is 3. The molecule has 0 saturated heterocycles. The van der Waals surface area contributed by atoms with Crippen LogP contribution in [0.5, 0.6) is 0 Å². The molecule has 0 unspecified atom stereocenters. The molecule has 96 valence electrons. The number of primary amides is 1. The molecule has 2 aromatic heterocycles. The summed E-state index contributed by atoms with van der Waals surface area (Å²) in [7, 11) is 0. The monoisotopic (exact) mass is 291 g/mol. The number of carbonyl (C=O) groups is 1. The number of para-hydroxylation sites is 1. The number of nitrogens with two attached hydrogens (primary N) is 1. The quantitative estimate of drug-likeness (QED) is 0.788. The number of benzene rings is 1. The van der Waals surface area contributed by atoms with Gasteiger partial charge in [0, 0.05) is 0 Å². The average molecular weight is 292 g/mol. The van der Waals surface area contributed by atoms with Gasteiger partial charge in [-0.2, -0.15) is 0 Å². The number of halogens is 1. The molecule has 4 nitrogen and oxygen atoms in total. The lowest BCUT2D eigenvalue weighted by Crippen LogP contribution is -2.16. The van der Waals surface area contributed by atoms with Crippen molar-refractivity contribution in [2.24, 2.45) is 5.73 Å². The molecule has 0 atom stereocenters. The molecule has 3 rings (SSSR count). The van der Waals surface area contributed by atoms with Gasteiger partial charge in [0.05, 0.1) is 20.4 Å². The normalized spacial score (nSPS) is 11.1. The van der Waals surface area contributed by atoms with Gasteiger partial charge in [-0.25, -0.2) is 4.98 Å². The highest BCUT2D eigenvalue weighted by Crippen LogP contribution is 2.31. The number of carbonyl (C=O) groups excluding carboxylic acids is 1. The van der Waals surface area contributed by atoms with Gasteiger partial charge in [0.15, 0.2) is 5.65 Å². The van der Waals surface area contributed by atoms with E-state index in [-0.39, 0.29) is 0 Å². The van der Waals surface area contributed by atoms with Crippen LogP contribution in [0.15, 0.2) is 30.3 Å². The first kappa shape index (κ1) is 12.2. The second-order valence-corrected chi connectivity index (χ2v) is 5.74. The average Bonchev–Trinajstić information content (AvgIpc) is 2.86. The Kier molecular flexibility index (Phi) is 2.80. The van der Waals surface area contributed by atoms with Crippen molar-refractivity contribution in [1.29, 1.82) is 0 Å². The summed E-state index contributed by atoms with van der Waals surface area (Å²) in [5, 5.41) is 1.48. The van der Waals surface area contributed by atoms with Gasteiger partial charge < -0.3 is 5.73 Å². The number of amides is 1. The van der Waals surface area contributed by atoms with Crippen molar-refractivity contribution in [3.8, 4) is 5.69 Å². The molecule has 1 amide bonds. The van der Waals surface area contributed by atoms with E-state index >= 15 is 0 Å². The molecular formula is C13H10ClN3OS. The minimum atomic E-state index is -0.497. The summed E-state index contributed by atoms with van der Waals surface area (Å²) < 4.78 is 2.63. The van der Waals surface area contributed by atoms with E-state index in [1.54, 1.807) is 16.7 Å². The maximum atomic E-state index is 11.6. The molecule has 3 aromatic rings. The lowest BCUT2D eigenvalue weighted by atomic mass is 10.3. The third kappa shape index (κ3) is 1.91. The Morgan fingerprint density at radius 1 is 1.42 bits per heavy atom. The Labute approximate surface area is 118 Å². The Morgan fingerprint density at radius 2 is 2.16 bits per heavy atom. The van der Waals surface area contributed by atoms with Crippen LogP contribution in [0.2, 0.25) is 5.02 Å². The first-order valence-electron chi connectivity index (χ1n) is 5.61. The Hall–Kier alpha value is -1.85. The van der Waals surface area contributed by atoms with E-state index in [2.05, 4.69) is 4.98 Å². The third-order valence-corrected chi connectivity index (χ3v) is 4.03. The van der Waals surface area contributed by atoms with Crippen molar-refractivity contribution in [3.05, 3.63) is 46.1 Å². The number of rotatable bonds is 2. The molecule has 0 radical (unpaired) electrons. The fourth-order valence-electron chi connectivity index (χ4n) is 2.05. The SMILES string of the molecule is Cc1nc2c(cc(C(N)=O)n2-c2ccccc2Cl)s1. The van der Waals surface area contributed by atoms with Crippen LogP contribution >= 0.6 is 22.9 Å². The minimum Gasteiger partial charge on any atom is -0.364 e. The van der Waals surface area contributed by atoms with E-state index < -0.39 is 5.91 Å². The summed E-state index contributed by atoms with van der Waals surface area (Å²) in [4.78, 5) is 16.0. The number of thiazole rings is 1. The number of nitrogens with zero attached hydrogens (tertiary/aromatic N) is 2.